The fourth-order valence-electron chi connectivity index (χ4n) is 1.68. The molecule has 0 heterocycles. The Morgan fingerprint density at radius 2 is 1.94 bits per heavy atom. The van der Waals surface area contributed by atoms with Gasteiger partial charge in [-0.2, -0.15) is 11.8 Å². The predicted molar refractivity (Wildman–Crippen MR) is 69.1 cm³/mol. The third-order valence-electron chi connectivity index (χ3n) is 2.64. The summed E-state index contributed by atoms with van der Waals surface area (Å²) in [6.07, 6.45) is 2.20. The summed E-state index contributed by atoms with van der Waals surface area (Å²) in [5.41, 5.74) is -0.228. The minimum atomic E-state index is -0.734. The maximum absolute atomic E-state index is 11.5. The zero-order chi connectivity index (χ0) is 13.1. The average Bonchev–Trinajstić information content (AvgIpc) is 2.80. The normalized spacial score (nSPS) is 17.6. The second kappa shape index (κ2) is 5.29. The molecule has 0 unspecified atom stereocenters. The summed E-state index contributed by atoms with van der Waals surface area (Å²) in [5, 5.41) is 11.7. The molecule has 17 heavy (non-hydrogen) atoms. The summed E-state index contributed by atoms with van der Waals surface area (Å²) in [6, 6.07) is 0. The molecule has 1 aliphatic rings. The largest absolute Gasteiger partial charge is 0.481 e. The van der Waals surface area contributed by atoms with Gasteiger partial charge in [-0.1, -0.05) is 0 Å². The highest BCUT2D eigenvalue weighted by atomic mass is 32.2. The lowest BCUT2D eigenvalue weighted by Crippen LogP contribution is -2.41. The van der Waals surface area contributed by atoms with Gasteiger partial charge in [0.1, 0.15) is 0 Å². The maximum atomic E-state index is 11.5. The van der Waals surface area contributed by atoms with Crippen molar-refractivity contribution in [2.45, 2.75) is 45.6 Å². The first-order valence-electron chi connectivity index (χ1n) is 5.83. The summed E-state index contributed by atoms with van der Waals surface area (Å²) < 4.78 is 0. The summed E-state index contributed by atoms with van der Waals surface area (Å²) in [4.78, 5) is 22.2. The summed E-state index contributed by atoms with van der Waals surface area (Å²) in [6.45, 7) is 5.84. The molecule has 1 aliphatic carbocycles. The molecule has 0 radical (unpaired) electrons. The van der Waals surface area contributed by atoms with E-state index in [2.05, 4.69) is 5.32 Å². The molecule has 5 heteroatoms. The molecule has 1 saturated carbocycles. The van der Waals surface area contributed by atoms with Crippen LogP contribution >= 0.6 is 11.8 Å². The Morgan fingerprint density at radius 3 is 2.35 bits per heavy atom. The number of carbonyl (C=O) groups is 2. The van der Waals surface area contributed by atoms with Crippen molar-refractivity contribution in [2.75, 3.05) is 11.5 Å². The van der Waals surface area contributed by atoms with Crippen LogP contribution in [0.25, 0.3) is 0 Å². The van der Waals surface area contributed by atoms with Gasteiger partial charge in [0.15, 0.2) is 0 Å². The smallest absolute Gasteiger partial charge is 0.303 e. The van der Waals surface area contributed by atoms with Crippen molar-refractivity contribution in [3.8, 4) is 0 Å². The van der Waals surface area contributed by atoms with E-state index in [1.54, 1.807) is 0 Å². The average molecular weight is 259 g/mol. The van der Waals surface area contributed by atoms with E-state index in [1.807, 2.05) is 20.8 Å². The van der Waals surface area contributed by atoms with Crippen LogP contribution in [0.2, 0.25) is 0 Å². The van der Waals surface area contributed by atoms with Crippen molar-refractivity contribution in [2.24, 2.45) is 5.41 Å². The highest BCUT2D eigenvalue weighted by Gasteiger charge is 2.44. The lowest BCUT2D eigenvalue weighted by Gasteiger charge is -2.20. The third kappa shape index (κ3) is 5.96. The highest BCUT2D eigenvalue weighted by molar-refractivity contribution is 7.99. The first-order chi connectivity index (χ1) is 7.72. The number of nitrogens with one attached hydrogen (secondary N) is 1. The first kappa shape index (κ1) is 14.4. The Balaban J connectivity index is 2.20. The predicted octanol–water partition coefficient (Wildman–Crippen LogP) is 1.89. The molecule has 0 aromatic carbocycles. The second-order valence-corrected chi connectivity index (χ2v) is 6.85. The lowest BCUT2D eigenvalue weighted by molar-refractivity contribution is -0.138. The quantitative estimate of drug-likeness (QED) is 0.764. The van der Waals surface area contributed by atoms with Crippen LogP contribution in [0.15, 0.2) is 0 Å². The molecule has 98 valence electrons. The molecule has 4 nitrogen and oxygen atoms in total. The van der Waals surface area contributed by atoms with Crippen LogP contribution in [0.1, 0.15) is 40.0 Å². The van der Waals surface area contributed by atoms with Gasteiger partial charge in [0.05, 0.1) is 12.2 Å². The summed E-state index contributed by atoms with van der Waals surface area (Å²) >= 11 is 1.54. The molecule has 1 amide bonds. The van der Waals surface area contributed by atoms with Crippen LogP contribution in [-0.4, -0.2) is 34.0 Å². The number of hydrogen-bond acceptors (Lipinski definition) is 3. The number of hydrogen-bond donors (Lipinski definition) is 2. The van der Waals surface area contributed by atoms with E-state index in [1.165, 1.54) is 11.8 Å². The Morgan fingerprint density at radius 1 is 1.35 bits per heavy atom. The zero-order valence-electron chi connectivity index (χ0n) is 10.7. The van der Waals surface area contributed by atoms with E-state index in [0.29, 0.717) is 5.75 Å². The molecule has 0 aromatic rings. The number of carboxylic acids is 1. The minimum absolute atomic E-state index is 0.0219. The van der Waals surface area contributed by atoms with Gasteiger partial charge >= 0.3 is 5.97 Å². The summed E-state index contributed by atoms with van der Waals surface area (Å²) in [7, 11) is 0. The van der Waals surface area contributed by atoms with Crippen LogP contribution in [0.4, 0.5) is 0 Å². The SMILES string of the molecule is CC(C)(C)NC(=O)CSCC1(CC(=O)O)CC1. The number of carbonyl (C=O) groups excluding carboxylic acids is 1. The molecule has 0 aliphatic heterocycles. The molecular weight excluding hydrogens is 238 g/mol. The zero-order valence-corrected chi connectivity index (χ0v) is 11.5. The number of thioether (sulfide) groups is 1. The molecule has 1 fully saturated rings. The molecular formula is C12H21NO3S. The van der Waals surface area contributed by atoms with E-state index >= 15 is 0 Å². The van der Waals surface area contributed by atoms with Gasteiger partial charge in [-0.05, 0) is 44.8 Å². The summed E-state index contributed by atoms with van der Waals surface area (Å²) in [5.74, 6) is 0.478. The Labute approximate surface area is 107 Å². The molecule has 1 rings (SSSR count). The minimum Gasteiger partial charge on any atom is -0.481 e. The first-order valence-corrected chi connectivity index (χ1v) is 6.99. The fraction of sp³-hybridized carbons (Fsp3) is 0.833. The van der Waals surface area contributed by atoms with Gasteiger partial charge in [0, 0.05) is 5.54 Å². The number of carboxylic acid groups (broad SMARTS) is 1. The standard InChI is InChI=1S/C12H21NO3S/c1-11(2,3)13-9(14)7-17-8-12(4-5-12)6-10(15)16/h4-8H2,1-3H3,(H,13,14)(H,15,16). The number of amides is 1. The van der Waals surface area contributed by atoms with E-state index < -0.39 is 5.97 Å². The van der Waals surface area contributed by atoms with E-state index in [4.69, 9.17) is 5.11 Å². The Kier molecular flexibility index (Phi) is 4.47. The monoisotopic (exact) mass is 259 g/mol. The van der Waals surface area contributed by atoms with Crippen molar-refractivity contribution in [1.29, 1.82) is 0 Å². The lowest BCUT2D eigenvalue weighted by atomic mass is 10.1. The van der Waals surface area contributed by atoms with Crippen LogP contribution in [0.5, 0.6) is 0 Å². The third-order valence-corrected chi connectivity index (χ3v) is 3.92. The highest BCUT2D eigenvalue weighted by Crippen LogP contribution is 2.50. The van der Waals surface area contributed by atoms with Crippen molar-refractivity contribution in [3.63, 3.8) is 0 Å². The van der Waals surface area contributed by atoms with Crippen LogP contribution in [-0.2, 0) is 9.59 Å². The van der Waals surface area contributed by atoms with Crippen LogP contribution in [0.3, 0.4) is 0 Å². The second-order valence-electron chi connectivity index (χ2n) is 5.86. The van der Waals surface area contributed by atoms with Gasteiger partial charge < -0.3 is 10.4 Å². The van der Waals surface area contributed by atoms with Crippen molar-refractivity contribution < 1.29 is 14.7 Å². The van der Waals surface area contributed by atoms with Gasteiger partial charge in [0.25, 0.3) is 0 Å². The van der Waals surface area contributed by atoms with Gasteiger partial charge in [0.2, 0.25) is 5.91 Å². The van der Waals surface area contributed by atoms with Crippen molar-refractivity contribution >= 4 is 23.6 Å². The number of aliphatic carboxylic acids is 1. The van der Waals surface area contributed by atoms with Crippen LogP contribution < -0.4 is 5.32 Å². The molecule has 0 bridgehead atoms. The van der Waals surface area contributed by atoms with Gasteiger partial charge in [-0.25, -0.2) is 0 Å². The van der Waals surface area contributed by atoms with Crippen molar-refractivity contribution in [1.82, 2.24) is 5.32 Å². The Bertz CT molecular complexity index is 305. The molecule has 0 atom stereocenters. The maximum Gasteiger partial charge on any atom is 0.303 e. The topological polar surface area (TPSA) is 66.4 Å². The molecule has 0 spiro atoms. The molecule has 2 N–H and O–H groups in total. The van der Waals surface area contributed by atoms with Crippen molar-refractivity contribution in [3.05, 3.63) is 0 Å². The number of rotatable bonds is 6. The Hall–Kier alpha value is -0.710. The van der Waals surface area contributed by atoms with Gasteiger partial charge in [-0.3, -0.25) is 9.59 Å². The van der Waals surface area contributed by atoms with E-state index in [-0.39, 0.29) is 23.3 Å². The molecule has 0 aromatic heterocycles. The van der Waals surface area contributed by atoms with E-state index in [0.717, 1.165) is 18.6 Å². The fourth-order valence-corrected chi connectivity index (χ4v) is 2.87. The molecule has 0 saturated heterocycles. The van der Waals surface area contributed by atoms with Crippen LogP contribution in [0, 0.1) is 5.41 Å². The van der Waals surface area contributed by atoms with Gasteiger partial charge in [-0.15, -0.1) is 0 Å². The van der Waals surface area contributed by atoms with E-state index in [9.17, 15) is 9.59 Å².